The van der Waals surface area contributed by atoms with Crippen LogP contribution in [-0.4, -0.2) is 15.6 Å². The van der Waals surface area contributed by atoms with E-state index in [-0.39, 0.29) is 22.5 Å². The second kappa shape index (κ2) is 6.62. The molecule has 0 atom stereocenters. The number of nitrogens with one attached hydrogen (secondary N) is 1. The molecule has 1 aromatic rings. The maximum Gasteiger partial charge on any atom is 0.301 e. The topological polar surface area (TPSA) is 111 Å². The predicted molar refractivity (Wildman–Crippen MR) is 94.7 cm³/mol. The van der Waals surface area contributed by atoms with E-state index in [0.29, 0.717) is 0 Å². The molecule has 0 amide bonds. The van der Waals surface area contributed by atoms with Crippen LogP contribution in [0.1, 0.15) is 44.9 Å². The molecule has 2 aliphatic carbocycles. The molecule has 2 aliphatic rings. The Hall–Kier alpha value is -2.77. The van der Waals surface area contributed by atoms with Crippen molar-refractivity contribution in [1.82, 2.24) is 0 Å². The lowest BCUT2D eigenvalue weighted by Crippen LogP contribution is -2.34. The van der Waals surface area contributed by atoms with Gasteiger partial charge in [0.25, 0.3) is 5.69 Å². The van der Waals surface area contributed by atoms with E-state index in [0.717, 1.165) is 56.7 Å². The lowest BCUT2D eigenvalue weighted by atomic mass is 9.68. The Balaban J connectivity index is 1.91. The van der Waals surface area contributed by atoms with E-state index in [2.05, 4.69) is 17.1 Å². The molecule has 0 heterocycles. The van der Waals surface area contributed by atoms with Crippen LogP contribution in [0.15, 0.2) is 35.5 Å². The van der Waals surface area contributed by atoms with Gasteiger partial charge in [0.2, 0.25) is 0 Å². The van der Waals surface area contributed by atoms with Gasteiger partial charge in [0.1, 0.15) is 5.69 Å². The number of nitrogens with zero attached hydrogens (tertiary/aromatic N) is 3. The minimum absolute atomic E-state index is 0.0825. The highest BCUT2D eigenvalue weighted by Gasteiger charge is 2.43. The SMILES string of the molecule is C=C1CCCC(=NNc2ccc([N+](=O)[O-])cc2[N+](=O)[O-])C12CCCC2. The van der Waals surface area contributed by atoms with E-state index >= 15 is 0 Å². The fraction of sp³-hybridized carbons (Fsp3) is 0.471. The van der Waals surface area contributed by atoms with Crippen molar-refractivity contribution in [2.45, 2.75) is 44.9 Å². The van der Waals surface area contributed by atoms with E-state index in [4.69, 9.17) is 0 Å². The summed E-state index contributed by atoms with van der Waals surface area (Å²) in [4.78, 5) is 20.8. The van der Waals surface area contributed by atoms with Crippen molar-refractivity contribution in [2.75, 3.05) is 5.43 Å². The molecule has 0 saturated heterocycles. The molecule has 1 N–H and O–H groups in total. The Morgan fingerprint density at radius 1 is 1.08 bits per heavy atom. The van der Waals surface area contributed by atoms with Crippen molar-refractivity contribution < 1.29 is 9.85 Å². The van der Waals surface area contributed by atoms with Crippen LogP contribution in [0.2, 0.25) is 0 Å². The van der Waals surface area contributed by atoms with Gasteiger partial charge in [-0.05, 0) is 38.2 Å². The summed E-state index contributed by atoms with van der Waals surface area (Å²) in [7, 11) is 0. The summed E-state index contributed by atoms with van der Waals surface area (Å²) in [6, 6.07) is 3.52. The van der Waals surface area contributed by atoms with Crippen LogP contribution < -0.4 is 5.43 Å². The van der Waals surface area contributed by atoms with Gasteiger partial charge in [0.15, 0.2) is 0 Å². The monoisotopic (exact) mass is 344 g/mol. The third-order valence-corrected chi connectivity index (χ3v) is 5.28. The summed E-state index contributed by atoms with van der Waals surface area (Å²) in [5.74, 6) is 0. The molecule has 0 unspecified atom stereocenters. The highest BCUT2D eigenvalue weighted by Crippen LogP contribution is 2.50. The molecule has 1 aromatic carbocycles. The molecule has 2 saturated carbocycles. The van der Waals surface area contributed by atoms with Gasteiger partial charge < -0.3 is 0 Å². The average Bonchev–Trinajstić information content (AvgIpc) is 3.06. The fourth-order valence-electron chi connectivity index (χ4n) is 3.94. The van der Waals surface area contributed by atoms with Gasteiger partial charge in [-0.1, -0.05) is 25.0 Å². The van der Waals surface area contributed by atoms with Crippen LogP contribution in [0, 0.1) is 25.6 Å². The molecule has 0 aliphatic heterocycles. The molecule has 1 spiro atoms. The van der Waals surface area contributed by atoms with Crippen molar-refractivity contribution in [3.8, 4) is 0 Å². The number of anilines is 1. The zero-order valence-electron chi connectivity index (χ0n) is 13.9. The second-order valence-corrected chi connectivity index (χ2v) is 6.63. The lowest BCUT2D eigenvalue weighted by Gasteiger charge is -2.37. The quantitative estimate of drug-likeness (QED) is 0.488. The normalized spacial score (nSPS) is 20.8. The summed E-state index contributed by atoms with van der Waals surface area (Å²) in [5, 5.41) is 26.5. The van der Waals surface area contributed by atoms with E-state index in [9.17, 15) is 20.2 Å². The molecule has 0 aromatic heterocycles. The number of allylic oxidation sites excluding steroid dienone is 1. The van der Waals surface area contributed by atoms with Gasteiger partial charge in [-0.2, -0.15) is 5.10 Å². The number of nitro groups is 2. The highest BCUT2D eigenvalue weighted by molar-refractivity contribution is 5.94. The van der Waals surface area contributed by atoms with Gasteiger partial charge in [0.05, 0.1) is 15.9 Å². The maximum absolute atomic E-state index is 11.2. The van der Waals surface area contributed by atoms with Crippen molar-refractivity contribution in [3.63, 3.8) is 0 Å². The van der Waals surface area contributed by atoms with E-state index < -0.39 is 9.85 Å². The number of benzene rings is 1. The minimum Gasteiger partial charge on any atom is -0.272 e. The van der Waals surface area contributed by atoms with Gasteiger partial charge >= 0.3 is 5.69 Å². The first-order chi connectivity index (χ1) is 11.9. The Morgan fingerprint density at radius 3 is 2.44 bits per heavy atom. The zero-order valence-corrected chi connectivity index (χ0v) is 13.9. The Labute approximate surface area is 144 Å². The summed E-state index contributed by atoms with van der Waals surface area (Å²) < 4.78 is 0. The van der Waals surface area contributed by atoms with Crippen LogP contribution >= 0.6 is 0 Å². The molecule has 2 fully saturated rings. The number of hydrazone groups is 1. The maximum atomic E-state index is 11.2. The Morgan fingerprint density at radius 2 is 1.80 bits per heavy atom. The van der Waals surface area contributed by atoms with Crippen molar-refractivity contribution >= 4 is 22.8 Å². The molecule has 8 heteroatoms. The number of nitro benzene ring substituents is 2. The predicted octanol–water partition coefficient (Wildman–Crippen LogP) is 4.57. The summed E-state index contributed by atoms with van der Waals surface area (Å²) in [6.07, 6.45) is 7.13. The van der Waals surface area contributed by atoms with Crippen LogP contribution in [0.25, 0.3) is 0 Å². The number of hydrogen-bond acceptors (Lipinski definition) is 6. The van der Waals surface area contributed by atoms with Crippen molar-refractivity contribution in [2.24, 2.45) is 10.5 Å². The summed E-state index contributed by atoms with van der Waals surface area (Å²) in [6.45, 7) is 4.24. The standard InChI is InChI=1S/C17H20N4O4/c1-12-5-4-6-16(17(12)9-2-3-10-17)19-18-14-8-7-13(20(22)23)11-15(14)21(24)25/h7-8,11,18H,1-6,9-10H2. The van der Waals surface area contributed by atoms with E-state index in [1.807, 2.05) is 0 Å². The van der Waals surface area contributed by atoms with Crippen LogP contribution in [0.5, 0.6) is 0 Å². The molecule has 0 radical (unpaired) electrons. The third kappa shape index (κ3) is 3.11. The first-order valence-corrected chi connectivity index (χ1v) is 8.38. The zero-order chi connectivity index (χ0) is 18.0. The van der Waals surface area contributed by atoms with Gasteiger partial charge in [-0.3, -0.25) is 25.7 Å². The first-order valence-electron chi connectivity index (χ1n) is 8.38. The van der Waals surface area contributed by atoms with Gasteiger partial charge in [0, 0.05) is 17.2 Å². The number of hydrogen-bond donors (Lipinski definition) is 1. The van der Waals surface area contributed by atoms with Crippen molar-refractivity contribution in [1.29, 1.82) is 0 Å². The Bertz CT molecular complexity index is 766. The molecule has 8 nitrogen and oxygen atoms in total. The molecule has 132 valence electrons. The summed E-state index contributed by atoms with van der Waals surface area (Å²) in [5.41, 5.74) is 4.39. The third-order valence-electron chi connectivity index (χ3n) is 5.28. The molecule has 25 heavy (non-hydrogen) atoms. The minimum atomic E-state index is -0.651. The van der Waals surface area contributed by atoms with Gasteiger partial charge in [-0.25, -0.2) is 0 Å². The molecular weight excluding hydrogens is 324 g/mol. The van der Waals surface area contributed by atoms with Crippen LogP contribution in [0.3, 0.4) is 0 Å². The molecule has 3 rings (SSSR count). The largest absolute Gasteiger partial charge is 0.301 e. The van der Waals surface area contributed by atoms with E-state index in [1.165, 1.54) is 17.7 Å². The van der Waals surface area contributed by atoms with Crippen LogP contribution in [-0.2, 0) is 0 Å². The van der Waals surface area contributed by atoms with Crippen LogP contribution in [0.4, 0.5) is 17.1 Å². The second-order valence-electron chi connectivity index (χ2n) is 6.63. The smallest absolute Gasteiger partial charge is 0.272 e. The first kappa shape index (κ1) is 17.1. The molecule has 0 bridgehead atoms. The lowest BCUT2D eigenvalue weighted by molar-refractivity contribution is -0.393. The number of non-ortho nitro benzene ring substituents is 1. The summed E-state index contributed by atoms with van der Waals surface area (Å²) >= 11 is 0. The Kier molecular flexibility index (Phi) is 4.52. The average molecular weight is 344 g/mol. The van der Waals surface area contributed by atoms with Gasteiger partial charge in [-0.15, -0.1) is 0 Å². The number of rotatable bonds is 4. The fourth-order valence-corrected chi connectivity index (χ4v) is 3.94. The highest BCUT2D eigenvalue weighted by atomic mass is 16.6. The van der Waals surface area contributed by atoms with E-state index in [1.54, 1.807) is 0 Å². The molecular formula is C17H20N4O4. The van der Waals surface area contributed by atoms with Crippen molar-refractivity contribution in [3.05, 3.63) is 50.6 Å².